The summed E-state index contributed by atoms with van der Waals surface area (Å²) in [5.41, 5.74) is 0.951. The van der Waals surface area contributed by atoms with Crippen LogP contribution in [0.5, 0.6) is 0 Å². The van der Waals surface area contributed by atoms with Crippen molar-refractivity contribution in [1.29, 1.82) is 0 Å². The topological polar surface area (TPSA) is 102 Å². The van der Waals surface area contributed by atoms with Crippen LogP contribution < -0.4 is 10.5 Å². The molecule has 0 bridgehead atoms. The normalized spacial score (nSPS) is 11.3. The molecule has 8 heteroatoms. The maximum absolute atomic E-state index is 12.3. The van der Waals surface area contributed by atoms with Crippen LogP contribution in [0.2, 0.25) is 5.02 Å². The number of nitrogens with two attached hydrogens (primary N) is 1. The van der Waals surface area contributed by atoms with Gasteiger partial charge in [-0.15, -0.1) is 0 Å². The van der Waals surface area contributed by atoms with E-state index in [0.717, 1.165) is 0 Å². The van der Waals surface area contributed by atoms with Crippen LogP contribution in [0, 0.1) is 0 Å². The third kappa shape index (κ3) is 3.90. The monoisotopic (exact) mass is 376 g/mol. The van der Waals surface area contributed by atoms with Gasteiger partial charge in [0.25, 0.3) is 5.91 Å². The lowest BCUT2D eigenvalue weighted by atomic mass is 10.2. The van der Waals surface area contributed by atoms with Crippen LogP contribution in [0.3, 0.4) is 0 Å². The molecular formula is C17H13ClN2O4S. The summed E-state index contributed by atoms with van der Waals surface area (Å²) in [5.74, 6) is -0.00478. The highest BCUT2D eigenvalue weighted by molar-refractivity contribution is 7.89. The summed E-state index contributed by atoms with van der Waals surface area (Å²) < 4.78 is 28.3. The van der Waals surface area contributed by atoms with E-state index in [9.17, 15) is 13.2 Å². The van der Waals surface area contributed by atoms with Crippen molar-refractivity contribution < 1.29 is 17.6 Å². The maximum atomic E-state index is 12.3. The van der Waals surface area contributed by atoms with E-state index in [1.165, 1.54) is 24.3 Å². The Morgan fingerprint density at radius 1 is 1.04 bits per heavy atom. The van der Waals surface area contributed by atoms with E-state index >= 15 is 0 Å². The summed E-state index contributed by atoms with van der Waals surface area (Å²) in [6, 6.07) is 15.9. The molecule has 3 N–H and O–H groups in total. The van der Waals surface area contributed by atoms with Crippen molar-refractivity contribution in [3.05, 3.63) is 71.4 Å². The van der Waals surface area contributed by atoms with Crippen molar-refractivity contribution in [2.24, 2.45) is 5.14 Å². The van der Waals surface area contributed by atoms with Crippen molar-refractivity contribution in [3.8, 4) is 11.3 Å². The number of furan rings is 1. The molecule has 0 fully saturated rings. The highest BCUT2D eigenvalue weighted by Gasteiger charge is 2.15. The molecule has 0 radical (unpaired) electrons. The third-order valence-electron chi connectivity index (χ3n) is 3.39. The number of benzene rings is 2. The zero-order chi connectivity index (χ0) is 18.0. The van der Waals surface area contributed by atoms with Crippen LogP contribution in [0.1, 0.15) is 10.6 Å². The van der Waals surface area contributed by atoms with E-state index in [0.29, 0.717) is 16.3 Å². The van der Waals surface area contributed by atoms with E-state index in [-0.39, 0.29) is 16.3 Å². The number of anilines is 1. The molecule has 0 saturated carbocycles. The molecule has 3 aromatic rings. The lowest BCUT2D eigenvalue weighted by Crippen LogP contribution is -2.14. The minimum Gasteiger partial charge on any atom is -0.451 e. The molecule has 0 unspecified atom stereocenters. The average molecular weight is 377 g/mol. The van der Waals surface area contributed by atoms with Gasteiger partial charge in [0.1, 0.15) is 5.76 Å². The Kier molecular flexibility index (Phi) is 4.63. The first kappa shape index (κ1) is 17.2. The van der Waals surface area contributed by atoms with Gasteiger partial charge in [-0.3, -0.25) is 4.79 Å². The Morgan fingerprint density at radius 3 is 2.52 bits per heavy atom. The molecule has 0 aliphatic heterocycles. The standard InChI is InChI=1S/C17H13ClN2O4S/c18-14-7-2-1-6-13(14)15-8-9-16(24-15)17(21)20-11-4-3-5-12(10-11)25(19,22)23/h1-10H,(H,20,21)(H2,19,22,23). The predicted molar refractivity (Wildman–Crippen MR) is 94.9 cm³/mol. The minimum atomic E-state index is -3.85. The first-order chi connectivity index (χ1) is 11.8. The van der Waals surface area contributed by atoms with Crippen LogP contribution in [-0.2, 0) is 10.0 Å². The second-order valence-electron chi connectivity index (χ2n) is 5.17. The molecule has 1 aromatic heterocycles. The molecule has 1 heterocycles. The van der Waals surface area contributed by atoms with Crippen LogP contribution in [0.25, 0.3) is 11.3 Å². The predicted octanol–water partition coefficient (Wildman–Crippen LogP) is 3.50. The summed E-state index contributed by atoms with van der Waals surface area (Å²) in [6.07, 6.45) is 0. The number of amides is 1. The number of hydrogen-bond donors (Lipinski definition) is 2. The smallest absolute Gasteiger partial charge is 0.291 e. The summed E-state index contributed by atoms with van der Waals surface area (Å²) in [7, 11) is -3.85. The van der Waals surface area contributed by atoms with Gasteiger partial charge < -0.3 is 9.73 Å². The largest absolute Gasteiger partial charge is 0.451 e. The Morgan fingerprint density at radius 2 is 1.80 bits per heavy atom. The van der Waals surface area contributed by atoms with E-state index in [1.807, 2.05) is 6.07 Å². The molecule has 0 aliphatic carbocycles. The summed E-state index contributed by atoms with van der Waals surface area (Å²) in [4.78, 5) is 12.2. The van der Waals surface area contributed by atoms with Crippen LogP contribution in [0.4, 0.5) is 5.69 Å². The molecule has 0 saturated heterocycles. The number of halogens is 1. The SMILES string of the molecule is NS(=O)(=O)c1cccc(NC(=O)c2ccc(-c3ccccc3Cl)o2)c1. The van der Waals surface area contributed by atoms with Crippen LogP contribution >= 0.6 is 11.6 Å². The van der Waals surface area contributed by atoms with Crippen molar-refractivity contribution in [2.75, 3.05) is 5.32 Å². The van der Waals surface area contributed by atoms with Crippen molar-refractivity contribution >= 4 is 33.2 Å². The van der Waals surface area contributed by atoms with E-state index < -0.39 is 15.9 Å². The minimum absolute atomic E-state index is 0.0657. The number of primary sulfonamides is 1. The first-order valence-corrected chi connectivity index (χ1v) is 9.06. The number of carbonyl (C=O) groups excluding carboxylic acids is 1. The van der Waals surface area contributed by atoms with Crippen LogP contribution in [-0.4, -0.2) is 14.3 Å². The molecule has 1 amide bonds. The van der Waals surface area contributed by atoms with Gasteiger partial charge in [-0.05, 0) is 42.5 Å². The molecule has 0 atom stereocenters. The highest BCUT2D eigenvalue weighted by atomic mass is 35.5. The van der Waals surface area contributed by atoms with Gasteiger partial charge in [-0.2, -0.15) is 0 Å². The van der Waals surface area contributed by atoms with Crippen molar-refractivity contribution in [3.63, 3.8) is 0 Å². The van der Waals surface area contributed by atoms with Gasteiger partial charge >= 0.3 is 0 Å². The summed E-state index contributed by atoms with van der Waals surface area (Å²) in [6.45, 7) is 0. The van der Waals surface area contributed by atoms with Gasteiger partial charge in [0.2, 0.25) is 10.0 Å². The van der Waals surface area contributed by atoms with E-state index in [4.69, 9.17) is 21.2 Å². The number of rotatable bonds is 4. The first-order valence-electron chi connectivity index (χ1n) is 7.13. The summed E-state index contributed by atoms with van der Waals surface area (Å²) in [5, 5.41) is 8.15. The fourth-order valence-electron chi connectivity index (χ4n) is 2.21. The Bertz CT molecular complexity index is 1040. The fraction of sp³-hybridized carbons (Fsp3) is 0. The number of sulfonamides is 1. The van der Waals surface area contributed by atoms with Gasteiger partial charge in [-0.25, -0.2) is 13.6 Å². The quantitative estimate of drug-likeness (QED) is 0.727. The van der Waals surface area contributed by atoms with Gasteiger partial charge in [-0.1, -0.05) is 29.8 Å². The number of carbonyl (C=O) groups is 1. The van der Waals surface area contributed by atoms with Crippen molar-refractivity contribution in [1.82, 2.24) is 0 Å². The third-order valence-corrected chi connectivity index (χ3v) is 4.63. The molecule has 25 heavy (non-hydrogen) atoms. The van der Waals surface area contributed by atoms with E-state index in [2.05, 4.69) is 5.32 Å². The Labute approximate surface area is 149 Å². The van der Waals surface area contributed by atoms with E-state index in [1.54, 1.807) is 30.3 Å². The molecular weight excluding hydrogens is 364 g/mol. The fourth-order valence-corrected chi connectivity index (χ4v) is 3.00. The average Bonchev–Trinajstić information content (AvgIpc) is 3.04. The van der Waals surface area contributed by atoms with Gasteiger partial charge in [0.15, 0.2) is 5.76 Å². The van der Waals surface area contributed by atoms with Crippen molar-refractivity contribution in [2.45, 2.75) is 4.90 Å². The number of hydrogen-bond acceptors (Lipinski definition) is 4. The molecule has 0 aliphatic rings. The van der Waals surface area contributed by atoms with Gasteiger partial charge in [0.05, 0.1) is 9.92 Å². The second-order valence-corrected chi connectivity index (χ2v) is 7.14. The molecule has 2 aromatic carbocycles. The molecule has 6 nitrogen and oxygen atoms in total. The maximum Gasteiger partial charge on any atom is 0.291 e. The molecule has 128 valence electrons. The Hall–Kier alpha value is -2.61. The van der Waals surface area contributed by atoms with Gasteiger partial charge in [0, 0.05) is 11.3 Å². The Balaban J connectivity index is 1.83. The lowest BCUT2D eigenvalue weighted by molar-refractivity contribution is 0.0997. The zero-order valence-corrected chi connectivity index (χ0v) is 14.3. The second kappa shape index (κ2) is 6.72. The highest BCUT2D eigenvalue weighted by Crippen LogP contribution is 2.29. The molecule has 0 spiro atoms. The summed E-state index contributed by atoms with van der Waals surface area (Å²) >= 11 is 6.11. The van der Waals surface area contributed by atoms with Crippen LogP contribution in [0.15, 0.2) is 70.0 Å². The number of nitrogens with one attached hydrogen (secondary N) is 1. The molecule has 3 rings (SSSR count). The lowest BCUT2D eigenvalue weighted by Gasteiger charge is -2.05. The zero-order valence-electron chi connectivity index (χ0n) is 12.8.